The van der Waals surface area contributed by atoms with E-state index in [9.17, 15) is 35.1 Å². The number of esters is 1. The summed E-state index contributed by atoms with van der Waals surface area (Å²) in [4.78, 5) is 37.2. The van der Waals surface area contributed by atoms with Crippen molar-refractivity contribution in [2.24, 2.45) is 11.8 Å². The average Bonchev–Trinajstić information content (AvgIpc) is 3.38. The van der Waals surface area contributed by atoms with Gasteiger partial charge in [0.05, 0.1) is 18.8 Å². The van der Waals surface area contributed by atoms with Gasteiger partial charge in [0, 0.05) is 59.3 Å². The molecule has 0 fully saturated rings. The molecule has 0 radical (unpaired) electrons. The third-order valence-corrected chi connectivity index (χ3v) is 13.8. The van der Waals surface area contributed by atoms with E-state index in [1.165, 1.54) is 6.08 Å². The number of aromatic hydroxyl groups is 2. The fourth-order valence-electron chi connectivity index (χ4n) is 10.9. The van der Waals surface area contributed by atoms with Crippen LogP contribution in [0, 0.1) is 11.8 Å². The van der Waals surface area contributed by atoms with Gasteiger partial charge in [0.15, 0.2) is 5.43 Å². The van der Waals surface area contributed by atoms with Gasteiger partial charge < -0.3 is 50.9 Å². The van der Waals surface area contributed by atoms with Crippen molar-refractivity contribution in [1.29, 1.82) is 0 Å². The average molecular weight is 817 g/mol. The van der Waals surface area contributed by atoms with Crippen molar-refractivity contribution in [2.45, 2.75) is 88.4 Å². The Morgan fingerprint density at radius 2 is 1.78 bits per heavy atom. The molecule has 0 spiro atoms. The molecule has 7 atom stereocenters. The Kier molecular flexibility index (Phi) is 9.84. The summed E-state index contributed by atoms with van der Waals surface area (Å²) in [5.41, 5.74) is 16.8. The molecule has 9 rings (SSSR count). The minimum Gasteiger partial charge on any atom is -0.508 e. The summed E-state index contributed by atoms with van der Waals surface area (Å²) in [6.07, 6.45) is 6.47. The second-order valence-electron chi connectivity index (χ2n) is 16.8. The number of nitrogen functional groups attached to an aromatic ring is 2. The van der Waals surface area contributed by atoms with Crippen LogP contribution in [0.15, 0.2) is 69.7 Å². The van der Waals surface area contributed by atoms with Crippen LogP contribution in [-0.2, 0) is 41.8 Å². The number of aromatic nitrogens is 2. The molecule has 2 aliphatic heterocycles. The summed E-state index contributed by atoms with van der Waals surface area (Å²) in [5, 5.41) is 55.3. The quantitative estimate of drug-likeness (QED) is 0.0950. The number of aliphatic hydroxyl groups is 3. The van der Waals surface area contributed by atoms with Gasteiger partial charge in [-0.25, -0.2) is 14.8 Å². The summed E-state index contributed by atoms with van der Waals surface area (Å²) >= 11 is 0. The number of hydrogen-bond donors (Lipinski definition) is 7. The third-order valence-electron chi connectivity index (χ3n) is 13.8. The summed E-state index contributed by atoms with van der Waals surface area (Å²) < 4.78 is 20.3. The summed E-state index contributed by atoms with van der Waals surface area (Å²) in [5.74, 6) is -3.10. The van der Waals surface area contributed by atoms with Gasteiger partial charge in [-0.1, -0.05) is 12.1 Å². The molecule has 60 heavy (non-hydrogen) atoms. The zero-order valence-electron chi connectivity index (χ0n) is 33.4. The Bertz CT molecular complexity index is 2660. The molecule has 4 bridgehead atoms. The lowest BCUT2D eigenvalue weighted by Gasteiger charge is -2.51. The number of pyridine rings is 2. The number of carbonyl (C=O) groups is 1. The molecule has 312 valence electrons. The van der Waals surface area contributed by atoms with Crippen molar-refractivity contribution in [1.82, 2.24) is 9.97 Å². The molecule has 4 aliphatic rings. The minimum absolute atomic E-state index is 0.00133. The van der Waals surface area contributed by atoms with Gasteiger partial charge in [0.2, 0.25) is 0 Å². The van der Waals surface area contributed by atoms with E-state index in [1.807, 2.05) is 25.1 Å². The first-order chi connectivity index (χ1) is 28.9. The van der Waals surface area contributed by atoms with Crippen molar-refractivity contribution in [3.63, 3.8) is 0 Å². The number of rotatable bonds is 5. The van der Waals surface area contributed by atoms with Gasteiger partial charge in [-0.3, -0.25) is 4.79 Å². The number of phenolic OH excluding ortho intramolecular Hbond substituents is 2. The van der Waals surface area contributed by atoms with Crippen LogP contribution >= 0.6 is 0 Å². The van der Waals surface area contributed by atoms with Crippen LogP contribution in [0.4, 0.5) is 11.6 Å². The van der Waals surface area contributed by atoms with Gasteiger partial charge >= 0.3 is 5.97 Å². The number of aliphatic hydroxyl groups excluding tert-OH is 3. The third kappa shape index (κ3) is 6.10. The molecule has 0 amide bonds. The molecule has 9 N–H and O–H groups in total. The SMILES string of the molecule is CC=C(CO)C(=O)OC1Cc2c3c(c4oc(CO)cc(=O)c4c2O)C2c4ccnc(N)c4C(CCc4ccc(O)cc4C2CO)C2CCc4cc(N)ncc4CC2C1(C)O3. The lowest BCUT2D eigenvalue weighted by Crippen LogP contribution is -2.59. The second-order valence-corrected chi connectivity index (χ2v) is 16.8. The van der Waals surface area contributed by atoms with Crippen LogP contribution in [0.1, 0.15) is 94.7 Å². The van der Waals surface area contributed by atoms with E-state index in [4.69, 9.17) is 25.4 Å². The Morgan fingerprint density at radius 1 is 0.983 bits per heavy atom. The van der Waals surface area contributed by atoms with Gasteiger partial charge in [-0.2, -0.15) is 0 Å². The molecule has 5 aromatic rings. The lowest BCUT2D eigenvalue weighted by atomic mass is 9.62. The summed E-state index contributed by atoms with van der Waals surface area (Å²) in [6.45, 7) is 1.90. The van der Waals surface area contributed by atoms with E-state index < -0.39 is 66.4 Å². The Labute approximate surface area is 345 Å². The van der Waals surface area contributed by atoms with Gasteiger partial charge in [0.1, 0.15) is 63.9 Å². The Morgan fingerprint density at radius 3 is 2.53 bits per heavy atom. The fraction of sp³-hybridized carbons (Fsp3) is 0.391. The number of nitrogens with zero attached hydrogens (tertiary/aromatic N) is 2. The Balaban J connectivity index is 1.46. The number of benzene rings is 2. The molecule has 14 nitrogen and oxygen atoms in total. The highest BCUT2D eigenvalue weighted by molar-refractivity contribution is 5.92. The fourth-order valence-corrected chi connectivity index (χ4v) is 10.9. The van der Waals surface area contributed by atoms with Gasteiger partial charge in [0.25, 0.3) is 0 Å². The molecule has 0 saturated carbocycles. The summed E-state index contributed by atoms with van der Waals surface area (Å²) in [7, 11) is 0. The highest BCUT2D eigenvalue weighted by Crippen LogP contribution is 2.60. The van der Waals surface area contributed by atoms with E-state index in [2.05, 4.69) is 9.97 Å². The molecular formula is C46H48N4O10. The standard InChI is InChI=1S/C46H48N4O10/c1-3-21(18-51)45(57)59-35-16-31-41(56)39-34(55)15-26(19-52)58-43(39)40-37-29-10-11-49-44(48)38(29)28(9-5-22-4-7-25(54)14-30(22)32(37)20-53)27-8-6-23-13-36(47)50-17-24(23)12-33(27)46(35,2)60-42(31)40/h3-4,7,10-11,13-15,17,27-28,32-33,35,37,51-54,56H,5-6,8-9,12,16,18-20H2,1-2H3,(H2,47,50)(H2,48,49). The monoisotopic (exact) mass is 816 g/mol. The lowest BCUT2D eigenvalue weighted by molar-refractivity contribution is -0.169. The van der Waals surface area contributed by atoms with Crippen LogP contribution < -0.4 is 21.6 Å². The topological polar surface area (TPSA) is 245 Å². The predicted octanol–water partition coefficient (Wildman–Crippen LogP) is 4.57. The minimum atomic E-state index is -1.38. The number of hydrogen-bond acceptors (Lipinski definition) is 14. The number of anilines is 2. The molecule has 14 heteroatoms. The van der Waals surface area contributed by atoms with Crippen molar-refractivity contribution < 1.29 is 44.2 Å². The van der Waals surface area contributed by atoms with Crippen molar-refractivity contribution in [2.75, 3.05) is 24.7 Å². The van der Waals surface area contributed by atoms with Crippen molar-refractivity contribution >= 4 is 28.6 Å². The molecule has 2 aliphatic carbocycles. The van der Waals surface area contributed by atoms with Crippen LogP contribution in [0.3, 0.4) is 0 Å². The second kappa shape index (κ2) is 14.9. The maximum atomic E-state index is 14.1. The number of phenols is 2. The molecule has 3 aromatic heterocycles. The highest BCUT2D eigenvalue weighted by Gasteiger charge is 2.57. The molecular weight excluding hydrogens is 769 g/mol. The largest absolute Gasteiger partial charge is 0.508 e. The van der Waals surface area contributed by atoms with E-state index in [0.717, 1.165) is 28.3 Å². The molecule has 5 heterocycles. The Hall–Kier alpha value is -5.96. The first kappa shape index (κ1) is 39.5. The van der Waals surface area contributed by atoms with Crippen molar-refractivity contribution in [3.8, 4) is 17.2 Å². The van der Waals surface area contributed by atoms with Gasteiger partial charge in [-0.05, 0) is 110 Å². The normalized spacial score (nSPS) is 25.6. The zero-order valence-corrected chi connectivity index (χ0v) is 33.4. The maximum absolute atomic E-state index is 14.1. The number of carbonyl (C=O) groups excluding carboxylic acids is 1. The number of fused-ring (bicyclic) bond motifs is 9. The first-order valence-corrected chi connectivity index (χ1v) is 20.4. The molecule has 7 unspecified atom stereocenters. The predicted molar refractivity (Wildman–Crippen MR) is 221 cm³/mol. The molecule has 2 aromatic carbocycles. The van der Waals surface area contributed by atoms with Crippen LogP contribution in [0.2, 0.25) is 0 Å². The number of nitrogens with two attached hydrogens (primary N) is 2. The first-order valence-electron chi connectivity index (χ1n) is 20.4. The van der Waals surface area contributed by atoms with E-state index >= 15 is 0 Å². The smallest absolute Gasteiger partial charge is 0.336 e. The number of aryl methyl sites for hydroxylation is 2. The zero-order chi connectivity index (χ0) is 42.2. The number of ether oxygens (including phenoxy) is 2. The number of allylic oxidation sites excluding steroid dienone is 1. The van der Waals surface area contributed by atoms with E-state index in [1.54, 1.807) is 31.5 Å². The van der Waals surface area contributed by atoms with Crippen LogP contribution in [0.25, 0.3) is 11.0 Å². The van der Waals surface area contributed by atoms with E-state index in [0.29, 0.717) is 54.6 Å². The summed E-state index contributed by atoms with van der Waals surface area (Å²) in [6, 6.07) is 10.0. The molecule has 0 saturated heterocycles. The van der Waals surface area contributed by atoms with Gasteiger partial charge in [-0.15, -0.1) is 0 Å². The maximum Gasteiger partial charge on any atom is 0.336 e. The van der Waals surface area contributed by atoms with Crippen molar-refractivity contribution in [3.05, 3.63) is 121 Å². The highest BCUT2D eigenvalue weighted by atomic mass is 16.6. The van der Waals surface area contributed by atoms with Crippen LogP contribution in [-0.4, -0.2) is 66.4 Å². The van der Waals surface area contributed by atoms with Crippen LogP contribution in [0.5, 0.6) is 17.2 Å². The van der Waals surface area contributed by atoms with E-state index in [-0.39, 0.29) is 63.4 Å².